The number of nitrogens with one attached hydrogen (secondary N) is 1. The van der Waals surface area contributed by atoms with Crippen molar-refractivity contribution in [2.24, 2.45) is 0 Å². The lowest BCUT2D eigenvalue weighted by Crippen LogP contribution is -2.06. The summed E-state index contributed by atoms with van der Waals surface area (Å²) >= 11 is 0. The summed E-state index contributed by atoms with van der Waals surface area (Å²) < 4.78 is 2.22. The lowest BCUT2D eigenvalue weighted by atomic mass is 10.2. The summed E-state index contributed by atoms with van der Waals surface area (Å²) in [7, 11) is 0. The Labute approximate surface area is 111 Å². The molecule has 0 amide bonds. The minimum absolute atomic E-state index is 0.0148. The first-order chi connectivity index (χ1) is 9.29. The third-order valence-corrected chi connectivity index (χ3v) is 3.47. The fourth-order valence-electron chi connectivity index (χ4n) is 2.50. The summed E-state index contributed by atoms with van der Waals surface area (Å²) in [5.74, 6) is 0. The van der Waals surface area contributed by atoms with Crippen LogP contribution in [0.1, 0.15) is 18.2 Å². The van der Waals surface area contributed by atoms with E-state index in [4.69, 9.17) is 0 Å². The van der Waals surface area contributed by atoms with Gasteiger partial charge in [-0.05, 0) is 24.1 Å². The lowest BCUT2D eigenvalue weighted by Gasteiger charge is -2.09. The molecule has 0 saturated heterocycles. The van der Waals surface area contributed by atoms with E-state index in [0.717, 1.165) is 23.9 Å². The standard InChI is InChI=1S/C16H16N2O/c1-2-13-10-14-15(8-9-17-16(14)19)18(13)11-12-6-4-3-5-7-12/h3-10H,2,11H2,1H3,(H,17,19). The largest absolute Gasteiger partial charge is 0.340 e. The van der Waals surface area contributed by atoms with Gasteiger partial charge in [-0.2, -0.15) is 0 Å². The van der Waals surface area contributed by atoms with Gasteiger partial charge in [-0.25, -0.2) is 0 Å². The van der Waals surface area contributed by atoms with Crippen LogP contribution in [-0.2, 0) is 13.0 Å². The zero-order valence-electron chi connectivity index (χ0n) is 10.9. The maximum absolute atomic E-state index is 11.8. The molecule has 3 rings (SSSR count). The fraction of sp³-hybridized carbons (Fsp3) is 0.188. The van der Waals surface area contributed by atoms with E-state index in [1.807, 2.05) is 30.3 Å². The quantitative estimate of drug-likeness (QED) is 0.764. The van der Waals surface area contributed by atoms with Crippen LogP contribution in [-0.4, -0.2) is 9.55 Å². The fourth-order valence-corrected chi connectivity index (χ4v) is 2.50. The lowest BCUT2D eigenvalue weighted by molar-refractivity contribution is 0.776. The van der Waals surface area contributed by atoms with Gasteiger partial charge in [0.15, 0.2) is 0 Å². The van der Waals surface area contributed by atoms with Crippen molar-refractivity contribution < 1.29 is 0 Å². The first-order valence-electron chi connectivity index (χ1n) is 6.53. The van der Waals surface area contributed by atoms with E-state index in [0.29, 0.717) is 0 Å². The number of aromatic nitrogens is 2. The van der Waals surface area contributed by atoms with Gasteiger partial charge in [-0.1, -0.05) is 37.3 Å². The highest BCUT2D eigenvalue weighted by Crippen LogP contribution is 2.18. The Bertz CT molecular complexity index is 753. The van der Waals surface area contributed by atoms with E-state index in [1.54, 1.807) is 6.20 Å². The van der Waals surface area contributed by atoms with Gasteiger partial charge in [0.2, 0.25) is 0 Å². The van der Waals surface area contributed by atoms with Crippen molar-refractivity contribution in [1.82, 2.24) is 9.55 Å². The third-order valence-electron chi connectivity index (χ3n) is 3.47. The van der Waals surface area contributed by atoms with Crippen molar-refractivity contribution in [3.05, 3.63) is 70.3 Å². The van der Waals surface area contributed by atoms with Gasteiger partial charge in [0.25, 0.3) is 5.56 Å². The number of benzene rings is 1. The molecule has 0 spiro atoms. The molecule has 3 aromatic rings. The average Bonchev–Trinajstić information content (AvgIpc) is 2.80. The maximum atomic E-state index is 11.8. The van der Waals surface area contributed by atoms with Gasteiger partial charge in [0.1, 0.15) is 0 Å². The van der Waals surface area contributed by atoms with E-state index < -0.39 is 0 Å². The summed E-state index contributed by atoms with van der Waals surface area (Å²) in [4.78, 5) is 14.6. The zero-order valence-corrected chi connectivity index (χ0v) is 10.9. The molecular formula is C16H16N2O. The molecule has 3 nitrogen and oxygen atoms in total. The Morgan fingerprint density at radius 1 is 1.16 bits per heavy atom. The molecule has 0 aliphatic carbocycles. The van der Waals surface area contributed by atoms with Crippen molar-refractivity contribution >= 4 is 10.9 Å². The normalized spacial score (nSPS) is 11.0. The highest BCUT2D eigenvalue weighted by Gasteiger charge is 2.09. The molecule has 0 aliphatic rings. The Balaban J connectivity index is 2.17. The van der Waals surface area contributed by atoms with E-state index in [-0.39, 0.29) is 5.56 Å². The molecule has 0 radical (unpaired) electrons. The van der Waals surface area contributed by atoms with Gasteiger partial charge >= 0.3 is 0 Å². The Morgan fingerprint density at radius 3 is 2.68 bits per heavy atom. The van der Waals surface area contributed by atoms with E-state index in [9.17, 15) is 4.79 Å². The first kappa shape index (κ1) is 11.8. The molecule has 0 bridgehead atoms. The van der Waals surface area contributed by atoms with Crippen molar-refractivity contribution in [2.45, 2.75) is 19.9 Å². The SMILES string of the molecule is CCc1cc2c(=O)[nH]ccc2n1Cc1ccccc1. The number of aryl methyl sites for hydroxylation is 1. The van der Waals surface area contributed by atoms with E-state index in [2.05, 4.69) is 28.6 Å². The Kier molecular flexibility index (Phi) is 2.95. The van der Waals surface area contributed by atoms with Crippen molar-refractivity contribution in [3.8, 4) is 0 Å². The van der Waals surface area contributed by atoms with Crippen molar-refractivity contribution in [2.75, 3.05) is 0 Å². The van der Waals surface area contributed by atoms with Crippen LogP contribution < -0.4 is 5.56 Å². The third kappa shape index (κ3) is 2.08. The summed E-state index contributed by atoms with van der Waals surface area (Å²) in [6, 6.07) is 14.3. The van der Waals surface area contributed by atoms with E-state index >= 15 is 0 Å². The van der Waals surface area contributed by atoms with Gasteiger partial charge in [-0.15, -0.1) is 0 Å². The monoisotopic (exact) mass is 252 g/mol. The summed E-state index contributed by atoms with van der Waals surface area (Å²) in [5, 5.41) is 0.773. The second-order valence-corrected chi connectivity index (χ2v) is 4.67. The molecule has 0 fully saturated rings. The molecule has 0 atom stereocenters. The molecule has 0 aliphatic heterocycles. The van der Waals surface area contributed by atoms with Crippen LogP contribution in [0.25, 0.3) is 10.9 Å². The van der Waals surface area contributed by atoms with Crippen LogP contribution in [0.15, 0.2) is 53.5 Å². The molecular weight excluding hydrogens is 236 g/mol. The highest BCUT2D eigenvalue weighted by atomic mass is 16.1. The predicted molar refractivity (Wildman–Crippen MR) is 77.5 cm³/mol. The number of aromatic amines is 1. The first-order valence-corrected chi connectivity index (χ1v) is 6.53. The molecule has 19 heavy (non-hydrogen) atoms. The molecule has 0 saturated carbocycles. The van der Waals surface area contributed by atoms with Gasteiger partial charge in [-0.3, -0.25) is 4.79 Å². The number of nitrogens with zero attached hydrogens (tertiary/aromatic N) is 1. The van der Waals surface area contributed by atoms with Crippen LogP contribution in [0.2, 0.25) is 0 Å². The highest BCUT2D eigenvalue weighted by molar-refractivity contribution is 5.80. The number of fused-ring (bicyclic) bond motifs is 1. The average molecular weight is 252 g/mol. The van der Waals surface area contributed by atoms with Crippen LogP contribution in [0.3, 0.4) is 0 Å². The second-order valence-electron chi connectivity index (χ2n) is 4.67. The molecule has 2 aromatic heterocycles. The summed E-state index contributed by atoms with van der Waals surface area (Å²) in [6.45, 7) is 2.92. The van der Waals surface area contributed by atoms with Gasteiger partial charge in [0.05, 0.1) is 10.9 Å². The van der Waals surface area contributed by atoms with Crippen molar-refractivity contribution in [1.29, 1.82) is 0 Å². The Morgan fingerprint density at radius 2 is 1.95 bits per heavy atom. The summed E-state index contributed by atoms with van der Waals surface area (Å²) in [6.07, 6.45) is 2.63. The predicted octanol–water partition coefficient (Wildman–Crippen LogP) is 2.94. The van der Waals surface area contributed by atoms with Crippen LogP contribution in [0.4, 0.5) is 0 Å². The maximum Gasteiger partial charge on any atom is 0.257 e. The number of hydrogen-bond acceptors (Lipinski definition) is 1. The topological polar surface area (TPSA) is 37.8 Å². The van der Waals surface area contributed by atoms with E-state index in [1.165, 1.54) is 11.3 Å². The smallest absolute Gasteiger partial charge is 0.257 e. The van der Waals surface area contributed by atoms with Crippen LogP contribution in [0, 0.1) is 0 Å². The number of pyridine rings is 1. The minimum Gasteiger partial charge on any atom is -0.340 e. The number of hydrogen-bond donors (Lipinski definition) is 1. The number of rotatable bonds is 3. The molecule has 3 heteroatoms. The van der Waals surface area contributed by atoms with Gasteiger partial charge in [0, 0.05) is 18.4 Å². The van der Waals surface area contributed by atoms with Gasteiger partial charge < -0.3 is 9.55 Å². The molecule has 1 aromatic carbocycles. The van der Waals surface area contributed by atoms with Crippen LogP contribution in [0.5, 0.6) is 0 Å². The molecule has 96 valence electrons. The van der Waals surface area contributed by atoms with Crippen molar-refractivity contribution in [3.63, 3.8) is 0 Å². The summed E-state index contributed by atoms with van der Waals surface area (Å²) in [5.41, 5.74) is 3.42. The molecule has 0 unspecified atom stereocenters. The molecule has 2 heterocycles. The minimum atomic E-state index is -0.0148. The Hall–Kier alpha value is -2.29. The van der Waals surface area contributed by atoms with Crippen LogP contribution >= 0.6 is 0 Å². The number of H-pyrrole nitrogens is 1. The zero-order chi connectivity index (χ0) is 13.2. The second kappa shape index (κ2) is 4.76. The molecule has 1 N–H and O–H groups in total.